The molecule has 170 valence electrons. The van der Waals surface area contributed by atoms with Crippen LogP contribution >= 0.6 is 11.8 Å². The molecule has 0 aliphatic carbocycles. The molecule has 1 amide bonds. The number of hydrogen-bond acceptors (Lipinski definition) is 7. The van der Waals surface area contributed by atoms with E-state index in [-0.39, 0.29) is 11.4 Å². The number of halogens is 3. The van der Waals surface area contributed by atoms with Crippen molar-refractivity contribution in [2.24, 2.45) is 7.05 Å². The zero-order valence-electron chi connectivity index (χ0n) is 17.1. The molecule has 3 aromatic rings. The monoisotopic (exact) mass is 467 g/mol. The van der Waals surface area contributed by atoms with Crippen molar-refractivity contribution in [2.75, 3.05) is 42.3 Å². The van der Waals surface area contributed by atoms with Crippen LogP contribution in [-0.2, 0) is 22.8 Å². The molecule has 3 heterocycles. The van der Waals surface area contributed by atoms with Crippen LogP contribution in [0.4, 0.5) is 24.5 Å². The van der Waals surface area contributed by atoms with Gasteiger partial charge in [0.1, 0.15) is 0 Å². The molecule has 1 aliphatic rings. The van der Waals surface area contributed by atoms with Crippen molar-refractivity contribution in [3.05, 3.63) is 42.2 Å². The van der Waals surface area contributed by atoms with E-state index in [1.807, 2.05) is 4.90 Å². The number of benzene rings is 1. The minimum Gasteiger partial charge on any atom is -0.461 e. The third kappa shape index (κ3) is 4.91. The SMILES string of the molecule is Cn1c(SCC(=O)Nc2cc(C(F)(F)F)ccc2N2CCOCC2)nnc1-c1ccco1. The van der Waals surface area contributed by atoms with Crippen molar-refractivity contribution in [3.63, 3.8) is 0 Å². The van der Waals surface area contributed by atoms with Crippen LogP contribution in [-0.4, -0.2) is 52.7 Å². The molecule has 0 atom stereocenters. The van der Waals surface area contributed by atoms with Gasteiger partial charge in [-0.05, 0) is 30.3 Å². The molecule has 1 aromatic carbocycles. The molecule has 1 N–H and O–H groups in total. The van der Waals surface area contributed by atoms with Crippen LogP contribution in [0.5, 0.6) is 0 Å². The van der Waals surface area contributed by atoms with Gasteiger partial charge in [-0.2, -0.15) is 13.2 Å². The van der Waals surface area contributed by atoms with Crippen LogP contribution in [0.15, 0.2) is 46.2 Å². The van der Waals surface area contributed by atoms with E-state index < -0.39 is 17.6 Å². The molecule has 0 bridgehead atoms. The highest BCUT2D eigenvalue weighted by Gasteiger charge is 2.32. The van der Waals surface area contributed by atoms with E-state index in [1.54, 1.807) is 23.7 Å². The van der Waals surface area contributed by atoms with E-state index in [2.05, 4.69) is 15.5 Å². The molecule has 0 radical (unpaired) electrons. The van der Waals surface area contributed by atoms with Crippen molar-refractivity contribution in [3.8, 4) is 11.6 Å². The summed E-state index contributed by atoms with van der Waals surface area (Å²) in [5, 5.41) is 11.2. The van der Waals surface area contributed by atoms with Crippen molar-refractivity contribution < 1.29 is 27.1 Å². The van der Waals surface area contributed by atoms with Crippen molar-refractivity contribution in [1.82, 2.24) is 14.8 Å². The average molecular weight is 467 g/mol. The quantitative estimate of drug-likeness (QED) is 0.554. The Labute approximate surface area is 185 Å². The number of hydrogen-bond donors (Lipinski definition) is 1. The molecule has 0 spiro atoms. The zero-order chi connectivity index (χ0) is 22.7. The van der Waals surface area contributed by atoms with Gasteiger partial charge in [-0.1, -0.05) is 11.8 Å². The molecular weight excluding hydrogens is 447 g/mol. The first kappa shape index (κ1) is 22.2. The second kappa shape index (κ2) is 9.25. The maximum Gasteiger partial charge on any atom is 0.416 e. The first-order chi connectivity index (χ1) is 15.3. The lowest BCUT2D eigenvalue weighted by Crippen LogP contribution is -2.37. The third-order valence-electron chi connectivity index (χ3n) is 4.86. The summed E-state index contributed by atoms with van der Waals surface area (Å²) in [6.45, 7) is 1.98. The lowest BCUT2D eigenvalue weighted by atomic mass is 10.1. The lowest BCUT2D eigenvalue weighted by Gasteiger charge is -2.31. The molecule has 1 fully saturated rings. The van der Waals surface area contributed by atoms with Gasteiger partial charge >= 0.3 is 6.18 Å². The van der Waals surface area contributed by atoms with Gasteiger partial charge in [-0.15, -0.1) is 10.2 Å². The summed E-state index contributed by atoms with van der Waals surface area (Å²) in [5.74, 6) is 0.537. The molecule has 0 saturated carbocycles. The van der Waals surface area contributed by atoms with E-state index in [0.29, 0.717) is 48.7 Å². The largest absolute Gasteiger partial charge is 0.461 e. The Morgan fingerprint density at radius 1 is 1.22 bits per heavy atom. The van der Waals surface area contributed by atoms with E-state index in [1.165, 1.54) is 12.3 Å². The standard InChI is InChI=1S/C20H20F3N5O3S/c1-27-18(16-3-2-8-31-16)25-26-19(27)32-12-17(29)24-14-11-13(20(21,22)23)4-5-15(14)28-6-9-30-10-7-28/h2-5,8,11H,6-7,9-10,12H2,1H3,(H,24,29). The minimum atomic E-state index is -4.52. The minimum absolute atomic E-state index is 0.0527. The van der Waals surface area contributed by atoms with Gasteiger partial charge < -0.3 is 23.9 Å². The average Bonchev–Trinajstić information content (AvgIpc) is 3.42. The van der Waals surface area contributed by atoms with E-state index in [0.717, 1.165) is 23.9 Å². The van der Waals surface area contributed by atoms with Gasteiger partial charge in [0.05, 0.1) is 42.2 Å². The van der Waals surface area contributed by atoms with Crippen LogP contribution in [0.1, 0.15) is 5.56 Å². The molecule has 32 heavy (non-hydrogen) atoms. The molecule has 1 aliphatic heterocycles. The Balaban J connectivity index is 1.48. The number of morpholine rings is 1. The number of rotatable bonds is 6. The number of thioether (sulfide) groups is 1. The maximum atomic E-state index is 13.2. The normalized spacial score (nSPS) is 14.6. The van der Waals surface area contributed by atoms with Gasteiger partial charge in [-0.25, -0.2) is 0 Å². The van der Waals surface area contributed by atoms with E-state index in [9.17, 15) is 18.0 Å². The molecule has 2 aromatic heterocycles. The van der Waals surface area contributed by atoms with E-state index >= 15 is 0 Å². The Morgan fingerprint density at radius 3 is 2.69 bits per heavy atom. The first-order valence-corrected chi connectivity index (χ1v) is 10.7. The van der Waals surface area contributed by atoms with Gasteiger partial charge in [0.15, 0.2) is 16.7 Å². The first-order valence-electron chi connectivity index (χ1n) is 9.73. The van der Waals surface area contributed by atoms with Gasteiger partial charge in [-0.3, -0.25) is 4.79 Å². The number of nitrogens with one attached hydrogen (secondary N) is 1. The fraction of sp³-hybridized carbons (Fsp3) is 0.350. The lowest BCUT2D eigenvalue weighted by molar-refractivity contribution is -0.137. The molecule has 0 unspecified atom stereocenters. The molecule has 12 heteroatoms. The summed E-state index contributed by atoms with van der Waals surface area (Å²) in [4.78, 5) is 14.5. The van der Waals surface area contributed by atoms with Crippen molar-refractivity contribution >= 4 is 29.0 Å². The number of carbonyl (C=O) groups excluding carboxylic acids is 1. The van der Waals surface area contributed by atoms with Crippen LogP contribution in [0.3, 0.4) is 0 Å². The second-order valence-corrected chi connectivity index (χ2v) is 7.95. The summed E-state index contributed by atoms with van der Waals surface area (Å²) < 4.78 is 52.0. The Kier molecular flexibility index (Phi) is 6.42. The number of alkyl halides is 3. The summed E-state index contributed by atoms with van der Waals surface area (Å²) in [6.07, 6.45) is -3.00. The number of aromatic nitrogens is 3. The Morgan fingerprint density at radius 2 is 2.00 bits per heavy atom. The van der Waals surface area contributed by atoms with Crippen LogP contribution in [0.25, 0.3) is 11.6 Å². The van der Waals surface area contributed by atoms with Gasteiger partial charge in [0.2, 0.25) is 5.91 Å². The molecular formula is C20H20F3N5O3S. The van der Waals surface area contributed by atoms with Crippen LogP contribution in [0, 0.1) is 0 Å². The van der Waals surface area contributed by atoms with Gasteiger partial charge in [0.25, 0.3) is 0 Å². The molecule has 4 rings (SSSR count). The number of amides is 1. The topological polar surface area (TPSA) is 85.4 Å². The smallest absolute Gasteiger partial charge is 0.416 e. The summed E-state index contributed by atoms with van der Waals surface area (Å²) in [7, 11) is 1.74. The number of nitrogens with zero attached hydrogens (tertiary/aromatic N) is 4. The number of ether oxygens (including phenoxy) is 1. The highest BCUT2D eigenvalue weighted by Crippen LogP contribution is 2.36. The third-order valence-corrected chi connectivity index (χ3v) is 5.88. The van der Waals surface area contributed by atoms with Crippen molar-refractivity contribution in [1.29, 1.82) is 0 Å². The summed E-state index contributed by atoms with van der Waals surface area (Å²) >= 11 is 1.12. The number of anilines is 2. The highest BCUT2D eigenvalue weighted by molar-refractivity contribution is 7.99. The fourth-order valence-corrected chi connectivity index (χ4v) is 3.98. The van der Waals surface area contributed by atoms with Crippen molar-refractivity contribution in [2.45, 2.75) is 11.3 Å². The number of furan rings is 1. The number of carbonyl (C=O) groups is 1. The van der Waals surface area contributed by atoms with Crippen LogP contribution in [0.2, 0.25) is 0 Å². The highest BCUT2D eigenvalue weighted by atomic mass is 32.2. The van der Waals surface area contributed by atoms with Crippen LogP contribution < -0.4 is 10.2 Å². The second-order valence-electron chi connectivity index (χ2n) is 7.01. The Hall–Kier alpha value is -2.99. The zero-order valence-corrected chi connectivity index (χ0v) is 17.9. The predicted molar refractivity (Wildman–Crippen MR) is 113 cm³/mol. The Bertz CT molecular complexity index is 1080. The van der Waals surface area contributed by atoms with E-state index in [4.69, 9.17) is 9.15 Å². The molecule has 8 nitrogen and oxygen atoms in total. The summed E-state index contributed by atoms with van der Waals surface area (Å²) in [6, 6.07) is 6.84. The van der Waals surface area contributed by atoms with Gasteiger partial charge in [0, 0.05) is 20.1 Å². The molecule has 1 saturated heterocycles. The predicted octanol–water partition coefficient (Wildman–Crippen LogP) is 3.66. The summed E-state index contributed by atoms with van der Waals surface area (Å²) in [5.41, 5.74) is -0.186. The maximum absolute atomic E-state index is 13.2. The fourth-order valence-electron chi connectivity index (χ4n) is 3.27.